The summed E-state index contributed by atoms with van der Waals surface area (Å²) in [5, 5.41) is 11.0. The Labute approximate surface area is 121 Å². The van der Waals surface area contributed by atoms with Crippen molar-refractivity contribution in [3.63, 3.8) is 0 Å². The summed E-state index contributed by atoms with van der Waals surface area (Å²) in [5.74, 6) is 0.863. The van der Waals surface area contributed by atoms with Gasteiger partial charge in [-0.1, -0.05) is 12.5 Å². The third-order valence-electron chi connectivity index (χ3n) is 3.57. The molecule has 0 bridgehead atoms. The first-order valence-corrected chi connectivity index (χ1v) is 7.86. The van der Waals surface area contributed by atoms with E-state index in [9.17, 15) is 4.79 Å². The second-order valence-corrected chi connectivity index (χ2v) is 5.61. The van der Waals surface area contributed by atoms with Crippen molar-refractivity contribution in [2.75, 3.05) is 11.6 Å². The van der Waals surface area contributed by atoms with Gasteiger partial charge in [-0.25, -0.2) is 0 Å². The van der Waals surface area contributed by atoms with Crippen molar-refractivity contribution in [3.8, 4) is 11.3 Å². The highest BCUT2D eigenvalue weighted by Gasteiger charge is 2.27. The van der Waals surface area contributed by atoms with Gasteiger partial charge in [0.1, 0.15) is 10.8 Å². The lowest BCUT2D eigenvalue weighted by Crippen LogP contribution is -2.28. The molecule has 1 saturated carbocycles. The van der Waals surface area contributed by atoms with E-state index < -0.39 is 0 Å². The number of rotatable bonds is 4. The summed E-state index contributed by atoms with van der Waals surface area (Å²) in [6.45, 7) is 0. The third kappa shape index (κ3) is 2.43. The Morgan fingerprint density at radius 2 is 2.30 bits per heavy atom. The van der Waals surface area contributed by atoms with Gasteiger partial charge in [0, 0.05) is 12.1 Å². The molecule has 2 N–H and O–H groups in total. The summed E-state index contributed by atoms with van der Waals surface area (Å²) in [6, 6.07) is 5.72. The van der Waals surface area contributed by atoms with Gasteiger partial charge in [0.05, 0.1) is 11.3 Å². The number of nitrogens with zero attached hydrogens (tertiary/aromatic N) is 2. The van der Waals surface area contributed by atoms with Crippen LogP contribution in [0.5, 0.6) is 0 Å². The molecule has 2 heterocycles. The average molecular weight is 288 g/mol. The zero-order valence-electron chi connectivity index (χ0n) is 11.2. The molecular weight excluding hydrogens is 272 g/mol. The summed E-state index contributed by atoms with van der Waals surface area (Å²) in [4.78, 5) is 16.4. The first kappa shape index (κ1) is 13.2. The number of nitrogens with one attached hydrogen (secondary N) is 2. The minimum atomic E-state index is 0.0738. The normalized spacial score (nSPS) is 14.8. The van der Waals surface area contributed by atoms with E-state index in [0.29, 0.717) is 5.82 Å². The molecule has 0 aliphatic heterocycles. The van der Waals surface area contributed by atoms with Gasteiger partial charge < -0.3 is 5.32 Å². The van der Waals surface area contributed by atoms with Gasteiger partial charge in [-0.05, 0) is 31.2 Å². The first-order valence-electron chi connectivity index (χ1n) is 6.64. The quantitative estimate of drug-likeness (QED) is 0.849. The lowest BCUT2D eigenvalue weighted by molar-refractivity contribution is -0.122. The number of aromatic nitrogens is 3. The minimum absolute atomic E-state index is 0.0738. The lowest BCUT2D eigenvalue weighted by Gasteiger charge is -2.23. The standard InChI is InChI=1S/C14H16N4OS/c1-20-14-11(10-7-2-3-8-15-10)12(17-18-14)16-13(19)9-5-4-6-9/h2-3,7-9H,4-6H2,1H3,(H2,16,17,18,19). The molecule has 0 radical (unpaired) electrons. The molecule has 1 fully saturated rings. The van der Waals surface area contributed by atoms with Gasteiger partial charge in [-0.15, -0.1) is 11.8 Å². The third-order valence-corrected chi connectivity index (χ3v) is 4.25. The molecule has 2 aromatic rings. The van der Waals surface area contributed by atoms with Crippen molar-refractivity contribution in [1.82, 2.24) is 15.2 Å². The second kappa shape index (κ2) is 5.66. The van der Waals surface area contributed by atoms with Crippen LogP contribution in [-0.2, 0) is 4.79 Å². The number of anilines is 1. The predicted octanol–water partition coefficient (Wildman–Crippen LogP) is 2.93. The maximum absolute atomic E-state index is 12.1. The number of pyridine rings is 1. The fourth-order valence-electron chi connectivity index (χ4n) is 2.21. The molecular formula is C14H16N4OS. The number of hydrogen-bond donors (Lipinski definition) is 2. The number of amides is 1. The van der Waals surface area contributed by atoms with E-state index in [1.165, 1.54) is 11.8 Å². The van der Waals surface area contributed by atoms with Crippen molar-refractivity contribution in [3.05, 3.63) is 24.4 Å². The van der Waals surface area contributed by atoms with Gasteiger partial charge >= 0.3 is 0 Å². The number of hydrogen-bond acceptors (Lipinski definition) is 4. The molecule has 5 nitrogen and oxygen atoms in total. The van der Waals surface area contributed by atoms with E-state index in [1.54, 1.807) is 6.20 Å². The zero-order valence-corrected chi connectivity index (χ0v) is 12.0. The van der Waals surface area contributed by atoms with Crippen LogP contribution in [0.3, 0.4) is 0 Å². The summed E-state index contributed by atoms with van der Waals surface area (Å²) in [6.07, 6.45) is 6.80. The van der Waals surface area contributed by atoms with Gasteiger partial charge in [0.2, 0.25) is 5.91 Å². The number of H-pyrrole nitrogens is 1. The van der Waals surface area contributed by atoms with E-state index in [0.717, 1.165) is 35.5 Å². The highest BCUT2D eigenvalue weighted by atomic mass is 32.2. The van der Waals surface area contributed by atoms with Gasteiger partial charge in [-0.2, -0.15) is 5.10 Å². The lowest BCUT2D eigenvalue weighted by atomic mass is 9.85. The molecule has 1 aliphatic rings. The van der Waals surface area contributed by atoms with Crippen molar-refractivity contribution in [1.29, 1.82) is 0 Å². The maximum atomic E-state index is 12.1. The molecule has 1 amide bonds. The van der Waals surface area contributed by atoms with Crippen LogP contribution in [-0.4, -0.2) is 27.3 Å². The molecule has 3 rings (SSSR count). The van der Waals surface area contributed by atoms with Crippen molar-refractivity contribution in [2.45, 2.75) is 24.3 Å². The van der Waals surface area contributed by atoms with Crippen LogP contribution in [0, 0.1) is 5.92 Å². The minimum Gasteiger partial charge on any atom is -0.310 e. The number of carbonyl (C=O) groups excluding carboxylic acids is 1. The Hall–Kier alpha value is -1.82. The number of aromatic amines is 1. The monoisotopic (exact) mass is 288 g/mol. The smallest absolute Gasteiger partial charge is 0.228 e. The van der Waals surface area contributed by atoms with Gasteiger partial charge in [-0.3, -0.25) is 14.9 Å². The maximum Gasteiger partial charge on any atom is 0.228 e. The van der Waals surface area contributed by atoms with Crippen LogP contribution in [0.25, 0.3) is 11.3 Å². The Morgan fingerprint density at radius 1 is 1.45 bits per heavy atom. The van der Waals surface area contributed by atoms with E-state index in [4.69, 9.17) is 0 Å². The first-order chi connectivity index (χ1) is 9.79. The van der Waals surface area contributed by atoms with E-state index >= 15 is 0 Å². The summed E-state index contributed by atoms with van der Waals surface area (Å²) >= 11 is 1.53. The molecule has 0 saturated heterocycles. The second-order valence-electron chi connectivity index (χ2n) is 4.81. The number of carbonyl (C=O) groups is 1. The molecule has 0 spiro atoms. The van der Waals surface area contributed by atoms with E-state index in [1.807, 2.05) is 24.5 Å². The van der Waals surface area contributed by atoms with Crippen molar-refractivity contribution >= 4 is 23.5 Å². The summed E-state index contributed by atoms with van der Waals surface area (Å²) in [5.41, 5.74) is 1.68. The van der Waals surface area contributed by atoms with E-state index in [-0.39, 0.29) is 11.8 Å². The molecule has 0 atom stereocenters. The Morgan fingerprint density at radius 3 is 2.90 bits per heavy atom. The van der Waals surface area contributed by atoms with Crippen LogP contribution < -0.4 is 5.32 Å². The van der Waals surface area contributed by atoms with Crippen LogP contribution >= 0.6 is 11.8 Å². The van der Waals surface area contributed by atoms with Gasteiger partial charge in [0.25, 0.3) is 0 Å². The molecule has 0 aromatic carbocycles. The Kier molecular flexibility index (Phi) is 3.73. The highest BCUT2D eigenvalue weighted by molar-refractivity contribution is 7.98. The average Bonchev–Trinajstić information content (AvgIpc) is 2.80. The zero-order chi connectivity index (χ0) is 13.9. The van der Waals surface area contributed by atoms with Gasteiger partial charge in [0.15, 0.2) is 0 Å². The van der Waals surface area contributed by atoms with Crippen LogP contribution in [0.2, 0.25) is 0 Å². The molecule has 0 unspecified atom stereocenters. The summed E-state index contributed by atoms with van der Waals surface area (Å²) in [7, 11) is 0. The fraction of sp³-hybridized carbons (Fsp3) is 0.357. The fourth-order valence-corrected chi connectivity index (χ4v) is 2.76. The Balaban J connectivity index is 1.91. The SMILES string of the molecule is CSc1n[nH]c(NC(=O)C2CCC2)c1-c1ccccn1. The molecule has 20 heavy (non-hydrogen) atoms. The van der Waals surface area contributed by atoms with Crippen molar-refractivity contribution < 1.29 is 4.79 Å². The van der Waals surface area contributed by atoms with Crippen molar-refractivity contribution in [2.24, 2.45) is 5.92 Å². The highest BCUT2D eigenvalue weighted by Crippen LogP contribution is 2.34. The van der Waals surface area contributed by atoms with Crippen LogP contribution in [0.4, 0.5) is 5.82 Å². The topological polar surface area (TPSA) is 70.7 Å². The molecule has 104 valence electrons. The Bertz CT molecular complexity index is 607. The summed E-state index contributed by atoms with van der Waals surface area (Å²) < 4.78 is 0. The largest absolute Gasteiger partial charge is 0.310 e. The van der Waals surface area contributed by atoms with E-state index in [2.05, 4.69) is 20.5 Å². The molecule has 2 aromatic heterocycles. The number of thioether (sulfide) groups is 1. The predicted molar refractivity (Wildman–Crippen MR) is 79.6 cm³/mol. The molecule has 1 aliphatic carbocycles. The van der Waals surface area contributed by atoms with Crippen LogP contribution in [0.1, 0.15) is 19.3 Å². The molecule has 6 heteroatoms. The van der Waals surface area contributed by atoms with Crippen LogP contribution in [0.15, 0.2) is 29.4 Å².